The summed E-state index contributed by atoms with van der Waals surface area (Å²) in [6, 6.07) is 5.75. The van der Waals surface area contributed by atoms with Crippen LogP contribution in [-0.4, -0.2) is 43.7 Å². The summed E-state index contributed by atoms with van der Waals surface area (Å²) >= 11 is 0. The van der Waals surface area contributed by atoms with Crippen LogP contribution in [0.1, 0.15) is 18.4 Å². The molecule has 1 amide bonds. The lowest BCUT2D eigenvalue weighted by Gasteiger charge is -2.30. The van der Waals surface area contributed by atoms with Crippen molar-refractivity contribution in [2.24, 2.45) is 5.73 Å². The SMILES string of the molecule is C=CCc1ccc(OCC(=O)N2CCCC(N)C2)c(OC)c1.Cl. The predicted octanol–water partition coefficient (Wildman–Crippen LogP) is 2.17. The fraction of sp³-hybridized carbons (Fsp3) is 0.471. The summed E-state index contributed by atoms with van der Waals surface area (Å²) in [5, 5.41) is 0. The minimum Gasteiger partial charge on any atom is -0.493 e. The minimum atomic E-state index is -0.0348. The number of nitrogens with two attached hydrogens (primary N) is 1. The smallest absolute Gasteiger partial charge is 0.260 e. The zero-order valence-electron chi connectivity index (χ0n) is 13.5. The first-order chi connectivity index (χ1) is 10.6. The van der Waals surface area contributed by atoms with Gasteiger partial charge in [-0.3, -0.25) is 4.79 Å². The van der Waals surface area contributed by atoms with Crippen molar-refractivity contribution < 1.29 is 14.3 Å². The molecular formula is C17H25ClN2O3. The summed E-state index contributed by atoms with van der Waals surface area (Å²) in [6.07, 6.45) is 4.52. The molecule has 1 aliphatic rings. The van der Waals surface area contributed by atoms with Crippen LogP contribution in [0.3, 0.4) is 0 Å². The van der Waals surface area contributed by atoms with Gasteiger partial charge in [0.25, 0.3) is 5.91 Å². The van der Waals surface area contributed by atoms with Crippen LogP contribution in [0.15, 0.2) is 30.9 Å². The fourth-order valence-electron chi connectivity index (χ4n) is 2.59. The number of carbonyl (C=O) groups excluding carboxylic acids is 1. The maximum atomic E-state index is 12.2. The molecule has 6 heteroatoms. The van der Waals surface area contributed by atoms with Gasteiger partial charge in [-0.15, -0.1) is 19.0 Å². The first kappa shape index (κ1) is 19.3. The zero-order chi connectivity index (χ0) is 15.9. The van der Waals surface area contributed by atoms with Crippen molar-refractivity contribution in [1.82, 2.24) is 4.90 Å². The van der Waals surface area contributed by atoms with Crippen LogP contribution in [0, 0.1) is 0 Å². The Bertz CT molecular complexity index is 537. The molecule has 2 N–H and O–H groups in total. The second-order valence-electron chi connectivity index (χ2n) is 5.51. The van der Waals surface area contributed by atoms with E-state index in [0.717, 1.165) is 31.4 Å². The largest absolute Gasteiger partial charge is 0.493 e. The van der Waals surface area contributed by atoms with Crippen molar-refractivity contribution in [2.45, 2.75) is 25.3 Å². The van der Waals surface area contributed by atoms with E-state index in [1.807, 2.05) is 24.3 Å². The zero-order valence-corrected chi connectivity index (χ0v) is 14.3. The van der Waals surface area contributed by atoms with E-state index in [2.05, 4.69) is 6.58 Å². The van der Waals surface area contributed by atoms with E-state index in [9.17, 15) is 4.79 Å². The Morgan fingerprint density at radius 2 is 2.26 bits per heavy atom. The maximum absolute atomic E-state index is 12.2. The lowest BCUT2D eigenvalue weighted by Crippen LogP contribution is -2.47. The highest BCUT2D eigenvalue weighted by Gasteiger charge is 2.21. The van der Waals surface area contributed by atoms with Crippen molar-refractivity contribution in [3.8, 4) is 11.5 Å². The van der Waals surface area contributed by atoms with Crippen molar-refractivity contribution in [1.29, 1.82) is 0 Å². The molecule has 128 valence electrons. The molecule has 0 saturated carbocycles. The average Bonchev–Trinajstić information content (AvgIpc) is 2.53. The summed E-state index contributed by atoms with van der Waals surface area (Å²) in [5.74, 6) is 1.17. The molecule has 1 saturated heterocycles. The lowest BCUT2D eigenvalue weighted by molar-refractivity contribution is -0.134. The third kappa shape index (κ3) is 5.44. The first-order valence-electron chi connectivity index (χ1n) is 7.58. The van der Waals surface area contributed by atoms with Gasteiger partial charge in [-0.05, 0) is 37.0 Å². The number of methoxy groups -OCH3 is 1. The van der Waals surface area contributed by atoms with Crippen LogP contribution in [0.2, 0.25) is 0 Å². The number of piperidine rings is 1. The summed E-state index contributed by atoms with van der Waals surface area (Å²) in [4.78, 5) is 13.9. The van der Waals surface area contributed by atoms with Crippen molar-refractivity contribution in [3.63, 3.8) is 0 Å². The molecule has 23 heavy (non-hydrogen) atoms. The molecule has 0 aromatic heterocycles. The maximum Gasteiger partial charge on any atom is 0.260 e. The lowest BCUT2D eigenvalue weighted by atomic mass is 10.1. The van der Waals surface area contributed by atoms with Crippen LogP contribution in [0.5, 0.6) is 11.5 Å². The highest BCUT2D eigenvalue weighted by atomic mass is 35.5. The third-order valence-electron chi connectivity index (χ3n) is 3.77. The van der Waals surface area contributed by atoms with Gasteiger partial charge in [-0.25, -0.2) is 0 Å². The number of likely N-dealkylation sites (tertiary alicyclic amines) is 1. The average molecular weight is 341 g/mol. The number of nitrogens with zero attached hydrogens (tertiary/aromatic N) is 1. The van der Waals surface area contributed by atoms with E-state index >= 15 is 0 Å². The Labute approximate surface area is 143 Å². The van der Waals surface area contributed by atoms with E-state index < -0.39 is 0 Å². The molecule has 0 radical (unpaired) electrons. The number of hydrogen-bond acceptors (Lipinski definition) is 4. The van der Waals surface area contributed by atoms with Crippen molar-refractivity contribution in [3.05, 3.63) is 36.4 Å². The highest BCUT2D eigenvalue weighted by Crippen LogP contribution is 2.28. The number of amides is 1. The van der Waals surface area contributed by atoms with Crippen molar-refractivity contribution in [2.75, 3.05) is 26.8 Å². The Morgan fingerprint density at radius 3 is 2.91 bits per heavy atom. The second kappa shape index (κ2) is 9.43. The van der Waals surface area contributed by atoms with Gasteiger partial charge in [0.05, 0.1) is 7.11 Å². The Morgan fingerprint density at radius 1 is 1.48 bits per heavy atom. The molecule has 1 heterocycles. The van der Waals surface area contributed by atoms with E-state index in [1.54, 1.807) is 12.0 Å². The molecule has 1 fully saturated rings. The number of ether oxygens (including phenoxy) is 2. The van der Waals surface area contributed by atoms with Crippen LogP contribution in [0.4, 0.5) is 0 Å². The first-order valence-corrected chi connectivity index (χ1v) is 7.58. The normalized spacial score (nSPS) is 17.1. The molecule has 5 nitrogen and oxygen atoms in total. The van der Waals surface area contributed by atoms with Gasteiger partial charge in [-0.2, -0.15) is 0 Å². The van der Waals surface area contributed by atoms with Gasteiger partial charge in [-0.1, -0.05) is 12.1 Å². The molecule has 0 aliphatic carbocycles. The minimum absolute atomic E-state index is 0. The number of benzene rings is 1. The van der Waals surface area contributed by atoms with Crippen LogP contribution < -0.4 is 15.2 Å². The summed E-state index contributed by atoms with van der Waals surface area (Å²) in [5.41, 5.74) is 6.99. The summed E-state index contributed by atoms with van der Waals surface area (Å²) in [7, 11) is 1.59. The van der Waals surface area contributed by atoms with Crippen LogP contribution >= 0.6 is 12.4 Å². The number of hydrogen-bond donors (Lipinski definition) is 1. The molecular weight excluding hydrogens is 316 g/mol. The number of halogens is 1. The van der Waals surface area contributed by atoms with Crippen LogP contribution in [-0.2, 0) is 11.2 Å². The second-order valence-corrected chi connectivity index (χ2v) is 5.51. The van der Waals surface area contributed by atoms with Gasteiger partial charge in [0.1, 0.15) is 0 Å². The monoisotopic (exact) mass is 340 g/mol. The van der Waals surface area contributed by atoms with E-state index in [0.29, 0.717) is 18.0 Å². The molecule has 1 aromatic carbocycles. The fourth-order valence-corrected chi connectivity index (χ4v) is 2.59. The Balaban J connectivity index is 0.00000264. The molecule has 0 bridgehead atoms. The molecule has 1 aromatic rings. The van der Waals surface area contributed by atoms with Crippen molar-refractivity contribution >= 4 is 18.3 Å². The number of allylic oxidation sites excluding steroid dienone is 1. The molecule has 1 aliphatic heterocycles. The highest BCUT2D eigenvalue weighted by molar-refractivity contribution is 5.85. The predicted molar refractivity (Wildman–Crippen MR) is 93.4 cm³/mol. The van der Waals surface area contributed by atoms with E-state index in [-0.39, 0.29) is 31.0 Å². The Kier molecular flexibility index (Phi) is 7.92. The molecule has 1 atom stereocenters. The Hall–Kier alpha value is -1.72. The number of carbonyl (C=O) groups is 1. The van der Waals surface area contributed by atoms with Crippen LogP contribution in [0.25, 0.3) is 0 Å². The molecule has 1 unspecified atom stereocenters. The van der Waals surface area contributed by atoms with Gasteiger partial charge in [0, 0.05) is 19.1 Å². The van der Waals surface area contributed by atoms with E-state index in [1.165, 1.54) is 0 Å². The van der Waals surface area contributed by atoms with Gasteiger partial charge in [0.2, 0.25) is 0 Å². The summed E-state index contributed by atoms with van der Waals surface area (Å²) < 4.78 is 11.0. The quantitative estimate of drug-likeness (QED) is 0.806. The molecule has 2 rings (SSSR count). The van der Waals surface area contributed by atoms with Gasteiger partial charge < -0.3 is 20.1 Å². The summed E-state index contributed by atoms with van der Waals surface area (Å²) in [6.45, 7) is 5.09. The topological polar surface area (TPSA) is 64.8 Å². The van der Waals surface area contributed by atoms with E-state index in [4.69, 9.17) is 15.2 Å². The third-order valence-corrected chi connectivity index (χ3v) is 3.77. The standard InChI is InChI=1S/C17H24N2O3.ClH/c1-3-5-13-7-8-15(16(10-13)21-2)22-12-17(20)19-9-4-6-14(18)11-19;/h3,7-8,10,14H,1,4-6,9,11-12,18H2,2H3;1H. The van der Waals surface area contributed by atoms with Gasteiger partial charge in [0.15, 0.2) is 18.1 Å². The molecule has 0 spiro atoms. The number of rotatable bonds is 6. The van der Waals surface area contributed by atoms with Gasteiger partial charge >= 0.3 is 0 Å².